The van der Waals surface area contributed by atoms with Crippen LogP contribution in [0.4, 0.5) is 4.79 Å². The van der Waals surface area contributed by atoms with Crippen LogP contribution >= 0.6 is 0 Å². The van der Waals surface area contributed by atoms with E-state index < -0.39 is 12.0 Å². The van der Waals surface area contributed by atoms with E-state index in [1.54, 1.807) is 33.3 Å². The number of hydrogen-bond acceptors (Lipinski definition) is 5. The Morgan fingerprint density at radius 2 is 1.71 bits per heavy atom. The first-order chi connectivity index (χ1) is 13.5. The van der Waals surface area contributed by atoms with Crippen molar-refractivity contribution in [1.29, 1.82) is 0 Å². The van der Waals surface area contributed by atoms with Crippen LogP contribution in [0.2, 0.25) is 0 Å². The molecule has 1 heterocycles. The van der Waals surface area contributed by atoms with E-state index in [9.17, 15) is 9.59 Å². The van der Waals surface area contributed by atoms with Crippen LogP contribution in [-0.2, 0) is 9.53 Å². The van der Waals surface area contributed by atoms with Gasteiger partial charge in [0.1, 0.15) is 6.10 Å². The van der Waals surface area contributed by atoms with E-state index in [4.69, 9.17) is 14.2 Å². The van der Waals surface area contributed by atoms with Crippen LogP contribution in [0.25, 0.3) is 0 Å². The Hall–Kier alpha value is -2.70. The average molecular weight is 388 g/mol. The molecule has 0 bridgehead atoms. The van der Waals surface area contributed by atoms with Crippen molar-refractivity contribution in [2.75, 3.05) is 14.2 Å². The molecule has 1 fully saturated rings. The zero-order valence-electron chi connectivity index (χ0n) is 16.7. The highest BCUT2D eigenvalue weighted by Crippen LogP contribution is 2.35. The Balaban J connectivity index is 1.89. The molecule has 28 heavy (non-hydrogen) atoms. The summed E-state index contributed by atoms with van der Waals surface area (Å²) in [6, 6.07) is 4.35. The molecule has 1 aliphatic heterocycles. The SMILES string of the molecule is COc1ccc(C2NC(=O)NC(C)=C2C(=O)OC2CCCCCC2)cc1OC. The van der Waals surface area contributed by atoms with Gasteiger partial charge in [0.15, 0.2) is 11.5 Å². The summed E-state index contributed by atoms with van der Waals surface area (Å²) in [5.74, 6) is 0.716. The summed E-state index contributed by atoms with van der Waals surface area (Å²) in [4.78, 5) is 25.1. The second-order valence-electron chi connectivity index (χ2n) is 7.20. The van der Waals surface area contributed by atoms with Gasteiger partial charge in [-0.1, -0.05) is 18.9 Å². The van der Waals surface area contributed by atoms with Gasteiger partial charge in [-0.25, -0.2) is 9.59 Å². The van der Waals surface area contributed by atoms with Crippen LogP contribution in [0.15, 0.2) is 29.5 Å². The summed E-state index contributed by atoms with van der Waals surface area (Å²) >= 11 is 0. The van der Waals surface area contributed by atoms with Crippen molar-refractivity contribution in [3.63, 3.8) is 0 Å². The van der Waals surface area contributed by atoms with Crippen LogP contribution in [0.1, 0.15) is 57.1 Å². The molecule has 0 spiro atoms. The lowest BCUT2D eigenvalue weighted by molar-refractivity contribution is -0.145. The molecule has 1 aromatic rings. The second-order valence-corrected chi connectivity index (χ2v) is 7.20. The molecule has 1 atom stereocenters. The minimum Gasteiger partial charge on any atom is -0.493 e. The standard InChI is InChI=1S/C21H28N2O5/c1-13-18(20(24)28-15-8-6-4-5-7-9-15)19(23-21(25)22-13)14-10-11-16(26-2)17(12-14)27-3/h10-12,15,19H,4-9H2,1-3H3,(H2,22,23,25). The third kappa shape index (κ3) is 4.40. The normalized spacial score (nSPS) is 20.7. The molecule has 7 heteroatoms. The number of rotatable bonds is 5. The molecule has 0 aromatic heterocycles. The predicted molar refractivity (Wildman–Crippen MR) is 104 cm³/mol. The number of carbonyl (C=O) groups excluding carboxylic acids is 2. The first kappa shape index (κ1) is 20.0. The van der Waals surface area contributed by atoms with E-state index in [0.29, 0.717) is 22.8 Å². The Morgan fingerprint density at radius 3 is 2.36 bits per heavy atom. The topological polar surface area (TPSA) is 85.9 Å². The first-order valence-corrected chi connectivity index (χ1v) is 9.74. The smallest absolute Gasteiger partial charge is 0.338 e. The number of ether oxygens (including phenoxy) is 3. The Labute approximate surface area is 165 Å². The number of urea groups is 1. The maximum atomic E-state index is 13.0. The zero-order valence-corrected chi connectivity index (χ0v) is 16.7. The molecular weight excluding hydrogens is 360 g/mol. The van der Waals surface area contributed by atoms with E-state index in [-0.39, 0.29) is 12.1 Å². The molecule has 1 unspecified atom stereocenters. The third-order valence-electron chi connectivity index (χ3n) is 5.31. The van der Waals surface area contributed by atoms with E-state index >= 15 is 0 Å². The summed E-state index contributed by atoms with van der Waals surface area (Å²) in [6.45, 7) is 1.72. The lowest BCUT2D eigenvalue weighted by Crippen LogP contribution is -2.45. The fraction of sp³-hybridized carbons (Fsp3) is 0.524. The van der Waals surface area contributed by atoms with Crippen molar-refractivity contribution in [3.8, 4) is 11.5 Å². The van der Waals surface area contributed by atoms with E-state index in [2.05, 4.69) is 10.6 Å². The number of nitrogens with one attached hydrogen (secondary N) is 2. The minimum atomic E-state index is -0.619. The largest absolute Gasteiger partial charge is 0.493 e. The van der Waals surface area contributed by atoms with Gasteiger partial charge in [-0.3, -0.25) is 0 Å². The summed E-state index contributed by atoms with van der Waals surface area (Å²) < 4.78 is 16.5. The van der Waals surface area contributed by atoms with E-state index in [0.717, 1.165) is 31.2 Å². The third-order valence-corrected chi connectivity index (χ3v) is 5.31. The van der Waals surface area contributed by atoms with Gasteiger partial charge in [0, 0.05) is 5.70 Å². The lowest BCUT2D eigenvalue weighted by Gasteiger charge is -2.29. The van der Waals surface area contributed by atoms with Crippen LogP contribution in [0, 0.1) is 0 Å². The molecule has 1 aliphatic carbocycles. The molecule has 1 aromatic carbocycles. The number of carbonyl (C=O) groups is 2. The number of amides is 2. The van der Waals surface area contributed by atoms with Gasteiger partial charge in [0.25, 0.3) is 0 Å². The minimum absolute atomic E-state index is 0.0704. The Bertz CT molecular complexity index is 766. The molecule has 2 N–H and O–H groups in total. The van der Waals surface area contributed by atoms with Gasteiger partial charge in [0.2, 0.25) is 0 Å². The van der Waals surface area contributed by atoms with Gasteiger partial charge in [-0.2, -0.15) is 0 Å². The van der Waals surface area contributed by atoms with Crippen LogP contribution in [0.3, 0.4) is 0 Å². The molecule has 3 rings (SSSR count). The number of hydrogen-bond donors (Lipinski definition) is 2. The zero-order chi connectivity index (χ0) is 20.1. The van der Waals surface area contributed by atoms with Gasteiger partial charge in [-0.15, -0.1) is 0 Å². The molecule has 152 valence electrons. The molecule has 2 aliphatic rings. The molecule has 1 saturated carbocycles. The van der Waals surface area contributed by atoms with Crippen molar-refractivity contribution >= 4 is 12.0 Å². The van der Waals surface area contributed by atoms with Crippen molar-refractivity contribution in [2.45, 2.75) is 57.6 Å². The van der Waals surface area contributed by atoms with Crippen LogP contribution in [0.5, 0.6) is 11.5 Å². The maximum absolute atomic E-state index is 13.0. The van der Waals surface area contributed by atoms with Gasteiger partial charge >= 0.3 is 12.0 Å². The fourth-order valence-corrected chi connectivity index (χ4v) is 3.82. The van der Waals surface area contributed by atoms with Gasteiger partial charge in [0.05, 0.1) is 25.8 Å². The highest BCUT2D eigenvalue weighted by atomic mass is 16.5. The molecule has 0 saturated heterocycles. The highest BCUT2D eigenvalue weighted by Gasteiger charge is 2.34. The van der Waals surface area contributed by atoms with Crippen LogP contribution < -0.4 is 20.1 Å². The van der Waals surface area contributed by atoms with E-state index in [1.165, 1.54) is 12.8 Å². The van der Waals surface area contributed by atoms with E-state index in [1.807, 2.05) is 6.07 Å². The molecule has 2 amide bonds. The van der Waals surface area contributed by atoms with Crippen molar-refractivity contribution < 1.29 is 23.8 Å². The summed E-state index contributed by atoms with van der Waals surface area (Å²) in [5, 5.41) is 5.51. The van der Waals surface area contributed by atoms with Gasteiger partial charge in [-0.05, 0) is 50.3 Å². The number of allylic oxidation sites excluding steroid dienone is 1. The quantitative estimate of drug-likeness (QED) is 0.595. The lowest BCUT2D eigenvalue weighted by atomic mass is 9.95. The monoisotopic (exact) mass is 388 g/mol. The predicted octanol–water partition coefficient (Wildman–Crippen LogP) is 3.60. The van der Waals surface area contributed by atoms with Crippen molar-refractivity contribution in [1.82, 2.24) is 10.6 Å². The Kier molecular flexibility index (Phi) is 6.44. The highest BCUT2D eigenvalue weighted by molar-refractivity contribution is 5.95. The molecular formula is C21H28N2O5. The summed E-state index contributed by atoms with van der Waals surface area (Å²) in [7, 11) is 3.11. The summed E-state index contributed by atoms with van der Waals surface area (Å²) in [5.41, 5.74) is 1.64. The molecule has 7 nitrogen and oxygen atoms in total. The van der Waals surface area contributed by atoms with Crippen molar-refractivity contribution in [3.05, 3.63) is 35.0 Å². The fourth-order valence-electron chi connectivity index (χ4n) is 3.82. The molecule has 0 radical (unpaired) electrons. The van der Waals surface area contributed by atoms with Crippen molar-refractivity contribution in [2.24, 2.45) is 0 Å². The first-order valence-electron chi connectivity index (χ1n) is 9.74. The Morgan fingerprint density at radius 1 is 1.04 bits per heavy atom. The number of methoxy groups -OCH3 is 2. The van der Waals surface area contributed by atoms with Crippen LogP contribution in [-0.4, -0.2) is 32.3 Å². The van der Waals surface area contributed by atoms with Gasteiger partial charge < -0.3 is 24.8 Å². The number of esters is 1. The average Bonchev–Trinajstić information content (AvgIpc) is 2.95. The summed E-state index contributed by atoms with van der Waals surface area (Å²) in [6.07, 6.45) is 6.22. The second kappa shape index (κ2) is 8.99. The maximum Gasteiger partial charge on any atom is 0.338 e. The number of benzene rings is 1.